The molecule has 2 nitrogen and oxygen atoms in total. The number of nitrogens with zero attached hydrogens (tertiary/aromatic N) is 1. The predicted molar refractivity (Wildman–Crippen MR) is 66.5 cm³/mol. The van der Waals surface area contributed by atoms with Gasteiger partial charge in [0.05, 0.1) is 0 Å². The maximum Gasteiger partial charge on any atom is 0.129 e. The van der Waals surface area contributed by atoms with Crippen LogP contribution in [-0.2, 0) is 6.54 Å². The van der Waals surface area contributed by atoms with Crippen molar-refractivity contribution in [3.8, 4) is 0 Å². The highest BCUT2D eigenvalue weighted by atomic mass is 35.5. The third-order valence-corrected chi connectivity index (χ3v) is 3.55. The molecule has 0 aliphatic carbocycles. The summed E-state index contributed by atoms with van der Waals surface area (Å²) < 4.78 is 13.6. The molecule has 17 heavy (non-hydrogen) atoms. The Hall–Kier alpha value is -0.640. The molecule has 0 spiro atoms. The van der Waals surface area contributed by atoms with Gasteiger partial charge in [-0.15, -0.1) is 0 Å². The smallest absolute Gasteiger partial charge is 0.129 e. The van der Waals surface area contributed by atoms with Crippen LogP contribution >= 0.6 is 11.6 Å². The third kappa shape index (κ3) is 3.41. The number of rotatable bonds is 4. The molecule has 94 valence electrons. The molecule has 1 fully saturated rings. The second-order valence-electron chi connectivity index (χ2n) is 4.64. The van der Waals surface area contributed by atoms with Crippen LogP contribution in [0.3, 0.4) is 0 Å². The Morgan fingerprint density at radius 3 is 3.00 bits per heavy atom. The van der Waals surface area contributed by atoms with Crippen molar-refractivity contribution in [1.29, 1.82) is 0 Å². The first-order valence-electron chi connectivity index (χ1n) is 5.96. The van der Waals surface area contributed by atoms with Crippen molar-refractivity contribution in [2.75, 3.05) is 19.7 Å². The van der Waals surface area contributed by atoms with Gasteiger partial charge in [0.15, 0.2) is 0 Å². The molecule has 0 bridgehead atoms. The lowest BCUT2D eigenvalue weighted by molar-refractivity contribution is 0.248. The number of aliphatic hydroxyl groups is 1. The van der Waals surface area contributed by atoms with Crippen LogP contribution in [0.15, 0.2) is 18.2 Å². The standard InChI is InChI=1S/C13H17ClFNO/c14-12-2-1-11(13(15)7-12)9-16-5-3-10(8-16)4-6-17/h1-2,7,10,17H,3-6,8-9H2. The Kier molecular flexibility index (Phi) is 4.37. The first kappa shape index (κ1) is 12.8. The molecule has 1 N–H and O–H groups in total. The predicted octanol–water partition coefficient (Wildman–Crippen LogP) is 2.68. The van der Waals surface area contributed by atoms with Crippen molar-refractivity contribution in [2.45, 2.75) is 19.4 Å². The quantitative estimate of drug-likeness (QED) is 0.897. The van der Waals surface area contributed by atoms with E-state index in [1.165, 1.54) is 6.07 Å². The maximum atomic E-state index is 13.6. The fourth-order valence-corrected chi connectivity index (χ4v) is 2.52. The summed E-state index contributed by atoms with van der Waals surface area (Å²) in [7, 11) is 0. The topological polar surface area (TPSA) is 23.5 Å². The van der Waals surface area contributed by atoms with Crippen molar-refractivity contribution in [3.63, 3.8) is 0 Å². The van der Waals surface area contributed by atoms with E-state index in [4.69, 9.17) is 16.7 Å². The second-order valence-corrected chi connectivity index (χ2v) is 5.07. The van der Waals surface area contributed by atoms with E-state index in [0.29, 0.717) is 23.0 Å². The van der Waals surface area contributed by atoms with Gasteiger partial charge in [0, 0.05) is 30.3 Å². The fourth-order valence-electron chi connectivity index (χ4n) is 2.37. The van der Waals surface area contributed by atoms with Gasteiger partial charge in [-0.1, -0.05) is 17.7 Å². The zero-order valence-electron chi connectivity index (χ0n) is 9.70. The maximum absolute atomic E-state index is 13.6. The number of hydrogen-bond acceptors (Lipinski definition) is 2. The molecule has 1 aromatic rings. The van der Waals surface area contributed by atoms with Crippen LogP contribution in [0, 0.1) is 11.7 Å². The average molecular weight is 258 g/mol. The van der Waals surface area contributed by atoms with Crippen molar-refractivity contribution in [2.24, 2.45) is 5.92 Å². The molecule has 1 atom stereocenters. The number of halogens is 2. The van der Waals surface area contributed by atoms with Gasteiger partial charge >= 0.3 is 0 Å². The van der Waals surface area contributed by atoms with E-state index in [0.717, 1.165) is 25.9 Å². The van der Waals surface area contributed by atoms with Gasteiger partial charge in [-0.2, -0.15) is 0 Å². The highest BCUT2D eigenvalue weighted by Crippen LogP contribution is 2.23. The summed E-state index contributed by atoms with van der Waals surface area (Å²) in [6.45, 7) is 2.80. The van der Waals surface area contributed by atoms with Gasteiger partial charge in [-0.05, 0) is 37.4 Å². The molecular formula is C13H17ClFNO. The molecule has 0 aromatic heterocycles. The first-order chi connectivity index (χ1) is 8.19. The minimum Gasteiger partial charge on any atom is -0.396 e. The third-order valence-electron chi connectivity index (χ3n) is 3.32. The summed E-state index contributed by atoms with van der Waals surface area (Å²) >= 11 is 5.72. The average Bonchev–Trinajstić information content (AvgIpc) is 2.71. The van der Waals surface area contributed by atoms with E-state index < -0.39 is 0 Å². The van der Waals surface area contributed by atoms with Gasteiger partial charge in [0.2, 0.25) is 0 Å². The van der Waals surface area contributed by atoms with E-state index in [1.807, 2.05) is 0 Å². The number of likely N-dealkylation sites (tertiary alicyclic amines) is 1. The lowest BCUT2D eigenvalue weighted by atomic mass is 10.1. The van der Waals surface area contributed by atoms with E-state index in [2.05, 4.69) is 4.90 Å². The fraction of sp³-hybridized carbons (Fsp3) is 0.538. The van der Waals surface area contributed by atoms with Gasteiger partial charge in [-0.3, -0.25) is 4.90 Å². The number of benzene rings is 1. The van der Waals surface area contributed by atoms with E-state index in [-0.39, 0.29) is 12.4 Å². The molecule has 0 saturated carbocycles. The highest BCUT2D eigenvalue weighted by Gasteiger charge is 2.22. The molecule has 1 aromatic carbocycles. The van der Waals surface area contributed by atoms with E-state index >= 15 is 0 Å². The molecule has 1 aliphatic rings. The molecule has 0 radical (unpaired) electrons. The Balaban J connectivity index is 1.93. The van der Waals surface area contributed by atoms with Crippen LogP contribution in [0.2, 0.25) is 5.02 Å². The molecule has 1 unspecified atom stereocenters. The van der Waals surface area contributed by atoms with Crippen LogP contribution < -0.4 is 0 Å². The van der Waals surface area contributed by atoms with Gasteiger partial charge in [0.1, 0.15) is 5.82 Å². The SMILES string of the molecule is OCCC1CCN(Cc2ccc(Cl)cc2F)C1. The van der Waals surface area contributed by atoms with E-state index in [9.17, 15) is 4.39 Å². The van der Waals surface area contributed by atoms with Crippen molar-refractivity contribution in [1.82, 2.24) is 4.90 Å². The zero-order valence-corrected chi connectivity index (χ0v) is 10.5. The van der Waals surface area contributed by atoms with Crippen molar-refractivity contribution in [3.05, 3.63) is 34.6 Å². The van der Waals surface area contributed by atoms with Crippen LogP contribution in [-0.4, -0.2) is 29.7 Å². The highest BCUT2D eigenvalue weighted by molar-refractivity contribution is 6.30. The molecule has 1 saturated heterocycles. The molecule has 4 heteroatoms. The van der Waals surface area contributed by atoms with Crippen molar-refractivity contribution >= 4 is 11.6 Å². The lowest BCUT2D eigenvalue weighted by Crippen LogP contribution is -2.21. The Bertz CT molecular complexity index is 386. The molecule has 0 amide bonds. The molecule has 1 heterocycles. The minimum absolute atomic E-state index is 0.233. The van der Waals surface area contributed by atoms with Crippen LogP contribution in [0.25, 0.3) is 0 Å². The molecular weight excluding hydrogens is 241 g/mol. The second kappa shape index (κ2) is 5.80. The van der Waals surface area contributed by atoms with Crippen LogP contribution in [0.1, 0.15) is 18.4 Å². The molecule has 2 rings (SSSR count). The summed E-state index contributed by atoms with van der Waals surface area (Å²) in [4.78, 5) is 2.23. The zero-order chi connectivity index (χ0) is 12.3. The molecule has 1 aliphatic heterocycles. The summed E-state index contributed by atoms with van der Waals surface area (Å²) in [5, 5.41) is 9.32. The van der Waals surface area contributed by atoms with Gasteiger partial charge < -0.3 is 5.11 Å². The number of aliphatic hydroxyl groups excluding tert-OH is 1. The van der Waals surface area contributed by atoms with Crippen molar-refractivity contribution < 1.29 is 9.50 Å². The lowest BCUT2D eigenvalue weighted by Gasteiger charge is -2.16. The Labute approximate surface area is 106 Å². The summed E-state index contributed by atoms with van der Waals surface area (Å²) in [6, 6.07) is 4.83. The van der Waals surface area contributed by atoms with Crippen LogP contribution in [0.5, 0.6) is 0 Å². The van der Waals surface area contributed by atoms with Gasteiger partial charge in [0.25, 0.3) is 0 Å². The summed E-state index contributed by atoms with van der Waals surface area (Å²) in [5.74, 6) is 0.318. The van der Waals surface area contributed by atoms with Crippen LogP contribution in [0.4, 0.5) is 4.39 Å². The first-order valence-corrected chi connectivity index (χ1v) is 6.34. The normalized spacial score (nSPS) is 21.0. The Morgan fingerprint density at radius 2 is 2.29 bits per heavy atom. The summed E-state index contributed by atoms with van der Waals surface area (Å²) in [6.07, 6.45) is 1.94. The van der Waals surface area contributed by atoms with E-state index in [1.54, 1.807) is 12.1 Å². The van der Waals surface area contributed by atoms with Gasteiger partial charge in [-0.25, -0.2) is 4.39 Å². The monoisotopic (exact) mass is 257 g/mol. The Morgan fingerprint density at radius 1 is 1.47 bits per heavy atom. The largest absolute Gasteiger partial charge is 0.396 e. The summed E-state index contributed by atoms with van der Waals surface area (Å²) in [5.41, 5.74) is 0.694. The minimum atomic E-state index is -0.233. The number of hydrogen-bond donors (Lipinski definition) is 1.